The van der Waals surface area contributed by atoms with Gasteiger partial charge in [0.25, 0.3) is 0 Å². The average molecular weight is 356 g/mol. The van der Waals surface area contributed by atoms with Gasteiger partial charge in [-0.3, -0.25) is 10.1 Å². The first-order chi connectivity index (χ1) is 10.0. The maximum Gasteiger partial charge on any atom is 0.331 e. The minimum Gasteiger partial charge on any atom is -0.434 e. The Morgan fingerprint density at radius 3 is 2.81 bits per heavy atom. The molecular formula is C13H11BrFN3O3. The first kappa shape index (κ1) is 15.2. The summed E-state index contributed by atoms with van der Waals surface area (Å²) in [6, 6.07) is 6.82. The first-order valence-electron chi connectivity index (χ1n) is 6.03. The first-order valence-corrected chi connectivity index (χ1v) is 6.82. The van der Waals surface area contributed by atoms with Gasteiger partial charge in [-0.15, -0.1) is 0 Å². The number of rotatable bonds is 5. The lowest BCUT2D eigenvalue weighted by Gasteiger charge is -2.08. The largest absolute Gasteiger partial charge is 0.434 e. The lowest BCUT2D eigenvalue weighted by Crippen LogP contribution is -2.02. The van der Waals surface area contributed by atoms with E-state index in [9.17, 15) is 14.5 Å². The summed E-state index contributed by atoms with van der Waals surface area (Å²) in [7, 11) is 0. The van der Waals surface area contributed by atoms with Gasteiger partial charge in [-0.2, -0.15) is 4.98 Å². The van der Waals surface area contributed by atoms with Crippen molar-refractivity contribution in [2.45, 2.75) is 6.92 Å². The van der Waals surface area contributed by atoms with Crippen molar-refractivity contribution in [3.05, 3.63) is 50.7 Å². The van der Waals surface area contributed by atoms with Crippen LogP contribution in [0.4, 0.5) is 15.9 Å². The number of anilines is 1. The van der Waals surface area contributed by atoms with Gasteiger partial charge in [0.15, 0.2) is 0 Å². The Morgan fingerprint density at radius 2 is 2.19 bits per heavy atom. The highest BCUT2D eigenvalue weighted by Crippen LogP contribution is 2.32. The molecule has 2 rings (SSSR count). The zero-order valence-corrected chi connectivity index (χ0v) is 12.6. The Labute approximate surface area is 128 Å². The van der Waals surface area contributed by atoms with Crippen LogP contribution in [0.3, 0.4) is 0 Å². The lowest BCUT2D eigenvalue weighted by molar-refractivity contribution is -0.386. The van der Waals surface area contributed by atoms with Crippen molar-refractivity contribution in [1.29, 1.82) is 0 Å². The van der Waals surface area contributed by atoms with Crippen molar-refractivity contribution >= 4 is 27.4 Å². The maximum atomic E-state index is 13.4. The van der Waals surface area contributed by atoms with Crippen molar-refractivity contribution in [3.63, 3.8) is 0 Å². The summed E-state index contributed by atoms with van der Waals surface area (Å²) < 4.78 is 19.1. The van der Waals surface area contributed by atoms with Gasteiger partial charge < -0.3 is 10.1 Å². The molecule has 1 aromatic carbocycles. The third kappa shape index (κ3) is 3.66. The second-order valence-electron chi connectivity index (χ2n) is 3.99. The predicted molar refractivity (Wildman–Crippen MR) is 79.2 cm³/mol. The van der Waals surface area contributed by atoms with Crippen LogP contribution in [0.5, 0.6) is 11.6 Å². The van der Waals surface area contributed by atoms with Crippen LogP contribution >= 0.6 is 15.9 Å². The van der Waals surface area contributed by atoms with E-state index in [-0.39, 0.29) is 21.8 Å². The fourth-order valence-electron chi connectivity index (χ4n) is 1.58. The standard InChI is InChI=1S/C13H11BrFN3O3/c1-2-16-12-6-5-11(18(19)20)13(17-12)21-8-3-4-9(14)10(15)7-8/h3-7H,2H2,1H3,(H,16,17). The Balaban J connectivity index is 2.37. The second kappa shape index (κ2) is 6.49. The molecule has 1 aromatic heterocycles. The van der Waals surface area contributed by atoms with Crippen molar-refractivity contribution in [1.82, 2.24) is 4.98 Å². The number of hydrogen-bond acceptors (Lipinski definition) is 5. The Morgan fingerprint density at radius 1 is 1.43 bits per heavy atom. The molecule has 2 aromatic rings. The molecule has 0 saturated heterocycles. The Bertz CT molecular complexity index is 682. The zero-order chi connectivity index (χ0) is 15.4. The number of halogens is 2. The van der Waals surface area contributed by atoms with Gasteiger partial charge in [-0.1, -0.05) is 0 Å². The molecule has 21 heavy (non-hydrogen) atoms. The van der Waals surface area contributed by atoms with Crippen LogP contribution in [-0.4, -0.2) is 16.5 Å². The SMILES string of the molecule is CCNc1ccc([N+](=O)[O-])c(Oc2ccc(Br)c(F)c2)n1. The average Bonchev–Trinajstić information content (AvgIpc) is 2.43. The normalized spacial score (nSPS) is 10.2. The van der Waals surface area contributed by atoms with E-state index >= 15 is 0 Å². The molecule has 0 radical (unpaired) electrons. The highest BCUT2D eigenvalue weighted by atomic mass is 79.9. The van der Waals surface area contributed by atoms with E-state index in [1.165, 1.54) is 24.3 Å². The van der Waals surface area contributed by atoms with Crippen molar-refractivity contribution in [2.24, 2.45) is 0 Å². The molecule has 0 bridgehead atoms. The molecule has 0 spiro atoms. The molecule has 0 fully saturated rings. The van der Waals surface area contributed by atoms with Crippen LogP contribution in [0.1, 0.15) is 6.92 Å². The topological polar surface area (TPSA) is 77.3 Å². The molecule has 0 aliphatic rings. The summed E-state index contributed by atoms with van der Waals surface area (Å²) >= 11 is 3.02. The number of nitrogens with zero attached hydrogens (tertiary/aromatic N) is 2. The van der Waals surface area contributed by atoms with Crippen LogP contribution in [-0.2, 0) is 0 Å². The third-order valence-electron chi connectivity index (χ3n) is 2.50. The summed E-state index contributed by atoms with van der Waals surface area (Å²) in [5.74, 6) is -0.159. The molecule has 0 atom stereocenters. The number of nitro groups is 1. The number of nitrogens with one attached hydrogen (secondary N) is 1. The van der Waals surface area contributed by atoms with Gasteiger partial charge in [0.2, 0.25) is 0 Å². The second-order valence-corrected chi connectivity index (χ2v) is 4.84. The zero-order valence-electron chi connectivity index (χ0n) is 11.0. The number of aromatic nitrogens is 1. The van der Waals surface area contributed by atoms with Gasteiger partial charge in [0.05, 0.1) is 9.40 Å². The van der Waals surface area contributed by atoms with Crippen molar-refractivity contribution < 1.29 is 14.1 Å². The van der Waals surface area contributed by atoms with E-state index in [0.717, 1.165) is 6.07 Å². The Hall–Kier alpha value is -2.22. The minimum atomic E-state index is -0.604. The van der Waals surface area contributed by atoms with E-state index in [4.69, 9.17) is 4.74 Å². The molecule has 6 nitrogen and oxygen atoms in total. The van der Waals surface area contributed by atoms with Crippen LogP contribution < -0.4 is 10.1 Å². The molecule has 1 N–H and O–H groups in total. The van der Waals surface area contributed by atoms with Crippen LogP contribution in [0.2, 0.25) is 0 Å². The van der Waals surface area contributed by atoms with Gasteiger partial charge in [-0.25, -0.2) is 4.39 Å². The summed E-state index contributed by atoms with van der Waals surface area (Å²) in [6.07, 6.45) is 0. The monoisotopic (exact) mass is 355 g/mol. The van der Waals surface area contributed by atoms with Gasteiger partial charge >= 0.3 is 11.6 Å². The third-order valence-corrected chi connectivity index (χ3v) is 3.14. The number of pyridine rings is 1. The molecule has 0 saturated carbocycles. The van der Waals surface area contributed by atoms with E-state index in [1.807, 2.05) is 6.92 Å². The molecular weight excluding hydrogens is 345 g/mol. The van der Waals surface area contributed by atoms with E-state index in [0.29, 0.717) is 12.4 Å². The summed E-state index contributed by atoms with van der Waals surface area (Å²) in [5, 5.41) is 13.9. The molecule has 0 amide bonds. The maximum absolute atomic E-state index is 13.4. The fraction of sp³-hybridized carbons (Fsp3) is 0.154. The van der Waals surface area contributed by atoms with E-state index in [2.05, 4.69) is 26.2 Å². The van der Waals surface area contributed by atoms with E-state index < -0.39 is 10.7 Å². The summed E-state index contributed by atoms with van der Waals surface area (Å²) in [6.45, 7) is 2.48. The summed E-state index contributed by atoms with van der Waals surface area (Å²) in [4.78, 5) is 14.4. The fourth-order valence-corrected chi connectivity index (χ4v) is 1.83. The molecule has 0 aliphatic heterocycles. The molecule has 110 valence electrons. The molecule has 0 aliphatic carbocycles. The Kier molecular flexibility index (Phi) is 4.69. The smallest absolute Gasteiger partial charge is 0.331 e. The minimum absolute atomic E-state index is 0.125. The molecule has 1 heterocycles. The lowest BCUT2D eigenvalue weighted by atomic mass is 10.3. The highest BCUT2D eigenvalue weighted by molar-refractivity contribution is 9.10. The number of hydrogen-bond donors (Lipinski definition) is 1. The van der Waals surface area contributed by atoms with Gasteiger partial charge in [-0.05, 0) is 41.1 Å². The predicted octanol–water partition coefficient (Wildman–Crippen LogP) is 4.12. The quantitative estimate of drug-likeness (QED) is 0.644. The van der Waals surface area contributed by atoms with E-state index in [1.54, 1.807) is 0 Å². The molecule has 0 unspecified atom stereocenters. The highest BCUT2D eigenvalue weighted by Gasteiger charge is 2.18. The summed E-state index contributed by atoms with van der Waals surface area (Å²) in [5.41, 5.74) is -0.292. The van der Waals surface area contributed by atoms with Crippen molar-refractivity contribution in [3.8, 4) is 11.6 Å². The number of ether oxygens (including phenoxy) is 1. The van der Waals surface area contributed by atoms with Gasteiger partial charge in [0, 0.05) is 18.7 Å². The van der Waals surface area contributed by atoms with Crippen LogP contribution in [0, 0.1) is 15.9 Å². The van der Waals surface area contributed by atoms with Crippen molar-refractivity contribution in [2.75, 3.05) is 11.9 Å². The van der Waals surface area contributed by atoms with Crippen LogP contribution in [0.15, 0.2) is 34.8 Å². The molecule has 8 heteroatoms. The van der Waals surface area contributed by atoms with Crippen LogP contribution in [0.25, 0.3) is 0 Å². The number of benzene rings is 1. The van der Waals surface area contributed by atoms with Gasteiger partial charge in [0.1, 0.15) is 17.4 Å².